The summed E-state index contributed by atoms with van der Waals surface area (Å²) in [6, 6.07) is 4.18. The number of ether oxygens (including phenoxy) is 2. The van der Waals surface area contributed by atoms with Crippen LogP contribution in [0.15, 0.2) is 30.6 Å². The number of carbonyl (C=O) groups excluding carboxylic acids is 1. The topological polar surface area (TPSA) is 60.5 Å². The summed E-state index contributed by atoms with van der Waals surface area (Å²) in [6.45, 7) is -2.54. The number of anilines is 1. The predicted molar refractivity (Wildman–Crippen MR) is 109 cm³/mol. The molecule has 1 N–H and O–H groups in total. The van der Waals surface area contributed by atoms with Gasteiger partial charge < -0.3 is 14.8 Å². The van der Waals surface area contributed by atoms with Gasteiger partial charge in [0.25, 0.3) is 5.91 Å². The van der Waals surface area contributed by atoms with E-state index in [0.29, 0.717) is 23.8 Å². The van der Waals surface area contributed by atoms with Crippen LogP contribution in [0.1, 0.15) is 23.2 Å². The van der Waals surface area contributed by atoms with Crippen molar-refractivity contribution in [1.82, 2.24) is 4.98 Å². The van der Waals surface area contributed by atoms with Crippen molar-refractivity contribution in [1.29, 1.82) is 0 Å². The molecule has 9 heteroatoms. The van der Waals surface area contributed by atoms with E-state index >= 15 is 0 Å². The van der Waals surface area contributed by atoms with E-state index in [1.807, 2.05) is 0 Å². The van der Waals surface area contributed by atoms with Crippen molar-refractivity contribution in [3.8, 4) is 11.5 Å². The van der Waals surface area contributed by atoms with Crippen molar-refractivity contribution in [2.45, 2.75) is 19.5 Å². The lowest BCUT2D eigenvalue weighted by molar-refractivity contribution is -0.0515. The average molecular weight is 586 g/mol. The summed E-state index contributed by atoms with van der Waals surface area (Å²) >= 11 is 4.16. The van der Waals surface area contributed by atoms with Gasteiger partial charge in [0, 0.05) is 18.0 Å². The van der Waals surface area contributed by atoms with Crippen LogP contribution in [0.3, 0.4) is 0 Å². The number of pyridine rings is 1. The Labute approximate surface area is 176 Å². The van der Waals surface area contributed by atoms with Gasteiger partial charge in [-0.1, -0.05) is 0 Å². The van der Waals surface area contributed by atoms with Gasteiger partial charge in [0.15, 0.2) is 11.5 Å². The highest BCUT2D eigenvalue weighted by atomic mass is 127. The lowest BCUT2D eigenvalue weighted by Crippen LogP contribution is -2.15. The van der Waals surface area contributed by atoms with Gasteiger partial charge in [0.2, 0.25) is 0 Å². The molecule has 1 aliphatic carbocycles. The molecular weight excluding hydrogens is 572 g/mol. The second kappa shape index (κ2) is 8.63. The van der Waals surface area contributed by atoms with Crippen LogP contribution in [0.4, 0.5) is 14.5 Å². The Morgan fingerprint density at radius 2 is 1.92 bits per heavy atom. The smallest absolute Gasteiger partial charge is 0.387 e. The third-order valence-corrected chi connectivity index (χ3v) is 5.32. The van der Waals surface area contributed by atoms with Crippen LogP contribution in [-0.2, 0) is 0 Å². The minimum atomic E-state index is -2.96. The van der Waals surface area contributed by atoms with Crippen molar-refractivity contribution < 1.29 is 23.0 Å². The highest BCUT2D eigenvalue weighted by Crippen LogP contribution is 2.34. The molecule has 0 bridgehead atoms. The predicted octanol–water partition coefficient (Wildman–Crippen LogP) is 4.93. The van der Waals surface area contributed by atoms with E-state index < -0.39 is 6.61 Å². The molecule has 0 aliphatic heterocycles. The fraction of sp³-hybridized carbons (Fsp3) is 0.294. The standard InChI is InChI=1S/C17H14F2I2N2O3/c18-17(19)26-13-4-3-10(5-14(13)25-8-9-1-2-9)16(24)23-15-11(20)6-22-7-12(15)21/h3-7,9,17H,1-2,8H2,(H,22,23,24). The average Bonchev–Trinajstić information content (AvgIpc) is 3.41. The van der Waals surface area contributed by atoms with Crippen molar-refractivity contribution in [3.63, 3.8) is 0 Å². The Kier molecular flexibility index (Phi) is 6.48. The number of rotatable bonds is 7. The molecule has 5 nitrogen and oxygen atoms in total. The maximum Gasteiger partial charge on any atom is 0.387 e. The van der Waals surface area contributed by atoms with Crippen molar-refractivity contribution in [2.24, 2.45) is 5.92 Å². The van der Waals surface area contributed by atoms with Gasteiger partial charge in [0.1, 0.15) is 0 Å². The van der Waals surface area contributed by atoms with E-state index in [9.17, 15) is 13.6 Å². The molecule has 3 rings (SSSR count). The zero-order chi connectivity index (χ0) is 18.7. The number of nitrogens with one attached hydrogen (secondary N) is 1. The quantitative estimate of drug-likeness (QED) is 0.468. The highest BCUT2D eigenvalue weighted by Gasteiger charge is 2.23. The van der Waals surface area contributed by atoms with Crippen LogP contribution in [0.5, 0.6) is 11.5 Å². The largest absolute Gasteiger partial charge is 0.489 e. The molecule has 0 saturated heterocycles. The minimum Gasteiger partial charge on any atom is -0.489 e. The molecular formula is C17H14F2I2N2O3. The molecule has 2 aromatic rings. The summed E-state index contributed by atoms with van der Waals surface area (Å²) in [5.41, 5.74) is 0.945. The SMILES string of the molecule is O=C(Nc1c(I)cncc1I)c1ccc(OC(F)F)c(OCC2CC2)c1. The number of benzene rings is 1. The van der Waals surface area contributed by atoms with Gasteiger partial charge in [-0.2, -0.15) is 8.78 Å². The molecule has 1 saturated carbocycles. The molecule has 0 spiro atoms. The first-order valence-electron chi connectivity index (χ1n) is 7.76. The van der Waals surface area contributed by atoms with Crippen LogP contribution >= 0.6 is 45.2 Å². The molecule has 1 aliphatic rings. The van der Waals surface area contributed by atoms with E-state index in [4.69, 9.17) is 4.74 Å². The molecule has 1 amide bonds. The molecule has 26 heavy (non-hydrogen) atoms. The number of carbonyl (C=O) groups is 1. The van der Waals surface area contributed by atoms with E-state index in [-0.39, 0.29) is 17.4 Å². The second-order valence-electron chi connectivity index (χ2n) is 5.73. The fourth-order valence-electron chi connectivity index (χ4n) is 2.16. The van der Waals surface area contributed by atoms with Crippen LogP contribution < -0.4 is 14.8 Å². The molecule has 1 aromatic heterocycles. The van der Waals surface area contributed by atoms with Crippen molar-refractivity contribution >= 4 is 56.8 Å². The van der Waals surface area contributed by atoms with Crippen LogP contribution in [0.25, 0.3) is 0 Å². The zero-order valence-corrected chi connectivity index (χ0v) is 17.7. The van der Waals surface area contributed by atoms with E-state index in [0.717, 1.165) is 20.0 Å². The molecule has 1 aromatic carbocycles. The molecule has 0 atom stereocenters. The lowest BCUT2D eigenvalue weighted by atomic mass is 10.2. The van der Waals surface area contributed by atoms with Gasteiger partial charge in [-0.15, -0.1) is 0 Å². The Morgan fingerprint density at radius 3 is 2.54 bits per heavy atom. The number of hydrogen-bond donors (Lipinski definition) is 1. The first-order chi connectivity index (χ1) is 12.4. The van der Waals surface area contributed by atoms with Gasteiger partial charge in [0.05, 0.1) is 19.4 Å². The van der Waals surface area contributed by atoms with Gasteiger partial charge >= 0.3 is 6.61 Å². The summed E-state index contributed by atoms with van der Waals surface area (Å²) in [5, 5.41) is 2.82. The summed E-state index contributed by atoms with van der Waals surface area (Å²) < 4.78 is 36.8. The number of halogens is 4. The molecule has 0 radical (unpaired) electrons. The maximum absolute atomic E-state index is 12.6. The normalized spacial score (nSPS) is 13.6. The second-order valence-corrected chi connectivity index (χ2v) is 8.05. The number of nitrogens with zero attached hydrogens (tertiary/aromatic N) is 1. The number of alkyl halides is 2. The van der Waals surface area contributed by atoms with Gasteiger partial charge in [-0.25, -0.2) is 0 Å². The monoisotopic (exact) mass is 586 g/mol. The Balaban J connectivity index is 1.81. The van der Waals surface area contributed by atoms with E-state index in [2.05, 4.69) is 60.2 Å². The Hall–Kier alpha value is -1.24. The summed E-state index contributed by atoms with van der Waals surface area (Å²) in [5.74, 6) is 0.132. The highest BCUT2D eigenvalue weighted by molar-refractivity contribution is 14.1. The first kappa shape index (κ1) is 19.5. The maximum atomic E-state index is 12.6. The van der Waals surface area contributed by atoms with Crippen LogP contribution in [0.2, 0.25) is 0 Å². The minimum absolute atomic E-state index is 0.0785. The zero-order valence-electron chi connectivity index (χ0n) is 13.3. The summed E-state index contributed by atoms with van der Waals surface area (Å²) in [6.07, 6.45) is 5.40. The third kappa shape index (κ3) is 5.15. The van der Waals surface area contributed by atoms with Crippen LogP contribution in [-0.4, -0.2) is 24.1 Å². The van der Waals surface area contributed by atoms with Crippen LogP contribution in [0, 0.1) is 13.1 Å². The first-order valence-corrected chi connectivity index (χ1v) is 9.92. The van der Waals surface area contributed by atoms with Crippen molar-refractivity contribution in [3.05, 3.63) is 43.3 Å². The Morgan fingerprint density at radius 1 is 1.23 bits per heavy atom. The fourth-order valence-corrected chi connectivity index (χ4v) is 3.85. The van der Waals surface area contributed by atoms with E-state index in [1.165, 1.54) is 18.2 Å². The lowest BCUT2D eigenvalue weighted by Gasteiger charge is -2.14. The summed E-state index contributed by atoms with van der Waals surface area (Å²) in [7, 11) is 0. The molecule has 0 unspecified atom stereocenters. The number of hydrogen-bond acceptors (Lipinski definition) is 4. The van der Waals surface area contributed by atoms with Gasteiger partial charge in [-0.3, -0.25) is 9.78 Å². The number of amides is 1. The van der Waals surface area contributed by atoms with E-state index in [1.54, 1.807) is 12.4 Å². The third-order valence-electron chi connectivity index (χ3n) is 3.69. The molecule has 1 fully saturated rings. The van der Waals surface area contributed by atoms with Gasteiger partial charge in [-0.05, 0) is 82.1 Å². The molecule has 138 valence electrons. The molecule has 1 heterocycles. The van der Waals surface area contributed by atoms with Crippen molar-refractivity contribution in [2.75, 3.05) is 11.9 Å². The Bertz CT molecular complexity index is 796. The summed E-state index contributed by atoms with van der Waals surface area (Å²) in [4.78, 5) is 16.6. The number of aromatic nitrogens is 1.